The van der Waals surface area contributed by atoms with Gasteiger partial charge in [0.2, 0.25) is 0 Å². The molecule has 6 nitrogen and oxygen atoms in total. The molecule has 1 aliphatic heterocycles. The fourth-order valence-corrected chi connectivity index (χ4v) is 3.21. The highest BCUT2D eigenvalue weighted by molar-refractivity contribution is 6.02. The van der Waals surface area contributed by atoms with Crippen molar-refractivity contribution in [2.45, 2.75) is 39.0 Å². The summed E-state index contributed by atoms with van der Waals surface area (Å²) in [6.07, 6.45) is 5.33. The molecule has 1 saturated heterocycles. The first-order chi connectivity index (χ1) is 10.6. The van der Waals surface area contributed by atoms with Gasteiger partial charge >= 0.3 is 0 Å². The first kappa shape index (κ1) is 16.7. The van der Waals surface area contributed by atoms with Gasteiger partial charge in [-0.15, -0.1) is 0 Å². The van der Waals surface area contributed by atoms with Gasteiger partial charge in [0.1, 0.15) is 18.1 Å². The average molecular weight is 307 g/mol. The monoisotopic (exact) mass is 307 g/mol. The van der Waals surface area contributed by atoms with E-state index in [2.05, 4.69) is 11.6 Å². The van der Waals surface area contributed by atoms with Gasteiger partial charge in [-0.05, 0) is 12.8 Å². The number of rotatable bonds is 4. The molecule has 1 heterocycles. The molecular formula is C16H25N3O3. The molecule has 2 rings (SSSR count). The van der Waals surface area contributed by atoms with E-state index in [1.54, 1.807) is 9.80 Å². The Morgan fingerprint density at radius 1 is 1.36 bits per heavy atom. The number of carbonyl (C=O) groups excluding carboxylic acids is 2. The quantitative estimate of drug-likeness (QED) is 0.480. The second kappa shape index (κ2) is 7.54. The van der Waals surface area contributed by atoms with Crippen molar-refractivity contribution in [2.75, 3.05) is 26.2 Å². The molecule has 1 aliphatic carbocycles. The van der Waals surface area contributed by atoms with E-state index in [1.165, 1.54) is 12.8 Å². The van der Waals surface area contributed by atoms with Crippen LogP contribution < -0.4 is 0 Å². The van der Waals surface area contributed by atoms with Gasteiger partial charge < -0.3 is 14.9 Å². The molecule has 0 aromatic heterocycles. The van der Waals surface area contributed by atoms with Gasteiger partial charge in [0.05, 0.1) is 0 Å². The van der Waals surface area contributed by atoms with Crippen molar-refractivity contribution in [3.05, 3.63) is 12.3 Å². The molecule has 122 valence electrons. The van der Waals surface area contributed by atoms with E-state index in [0.717, 1.165) is 12.8 Å². The van der Waals surface area contributed by atoms with Gasteiger partial charge in [-0.2, -0.15) is 4.99 Å². The summed E-state index contributed by atoms with van der Waals surface area (Å²) in [5.74, 6) is 0.410. The maximum atomic E-state index is 12.3. The number of amides is 2. The maximum absolute atomic E-state index is 12.3. The van der Waals surface area contributed by atoms with Crippen molar-refractivity contribution in [3.63, 3.8) is 0 Å². The predicted octanol–water partition coefficient (Wildman–Crippen LogP) is 1.16. The van der Waals surface area contributed by atoms with Gasteiger partial charge in [0.15, 0.2) is 0 Å². The maximum Gasteiger partial charge on any atom is 0.273 e. The molecule has 0 radical (unpaired) electrons. The second-order valence-electron chi connectivity index (χ2n) is 5.92. The molecular weight excluding hydrogens is 282 g/mol. The first-order valence-electron chi connectivity index (χ1n) is 8.03. The Morgan fingerprint density at radius 2 is 2.05 bits per heavy atom. The van der Waals surface area contributed by atoms with Gasteiger partial charge in [-0.25, -0.2) is 0 Å². The molecule has 2 fully saturated rings. The van der Waals surface area contributed by atoms with E-state index in [0.29, 0.717) is 43.5 Å². The van der Waals surface area contributed by atoms with Crippen LogP contribution in [0.5, 0.6) is 0 Å². The van der Waals surface area contributed by atoms with E-state index < -0.39 is 12.5 Å². The summed E-state index contributed by atoms with van der Waals surface area (Å²) < 4.78 is 0. The van der Waals surface area contributed by atoms with Crippen LogP contribution in [-0.4, -0.2) is 58.8 Å². The molecule has 0 aromatic rings. The minimum atomic E-state index is -0.608. The summed E-state index contributed by atoms with van der Waals surface area (Å²) in [6.45, 7) is 7.06. The number of hydrogen-bond acceptors (Lipinski definition) is 3. The van der Waals surface area contributed by atoms with Gasteiger partial charge in [0, 0.05) is 26.1 Å². The SMILES string of the molecule is C=C1C(=O)N(CC)CCN1/C(CC1CCCC1)=N\C(=O)CO. The first-order valence-corrected chi connectivity index (χ1v) is 8.03. The lowest BCUT2D eigenvalue weighted by atomic mass is 10.0. The number of nitrogens with zero attached hydrogens (tertiary/aromatic N) is 3. The predicted molar refractivity (Wildman–Crippen MR) is 84.2 cm³/mol. The van der Waals surface area contributed by atoms with Crippen LogP contribution >= 0.6 is 0 Å². The normalized spacial score (nSPS) is 20.9. The van der Waals surface area contributed by atoms with Crippen LogP contribution in [0.2, 0.25) is 0 Å². The third-order valence-electron chi connectivity index (χ3n) is 4.48. The van der Waals surface area contributed by atoms with E-state index in [4.69, 9.17) is 5.11 Å². The molecule has 0 unspecified atom stereocenters. The Bertz CT molecular complexity index is 481. The molecule has 2 aliphatic rings. The smallest absolute Gasteiger partial charge is 0.273 e. The summed E-state index contributed by atoms with van der Waals surface area (Å²) in [5.41, 5.74) is 0.371. The summed E-state index contributed by atoms with van der Waals surface area (Å²) in [4.78, 5) is 31.4. The zero-order valence-electron chi connectivity index (χ0n) is 13.3. The number of aliphatic hydroxyl groups excluding tert-OH is 1. The van der Waals surface area contributed by atoms with Gasteiger partial charge in [-0.1, -0.05) is 32.3 Å². The van der Waals surface area contributed by atoms with Crippen molar-refractivity contribution in [2.24, 2.45) is 10.9 Å². The topological polar surface area (TPSA) is 73.2 Å². The van der Waals surface area contributed by atoms with Crippen LogP contribution in [0.25, 0.3) is 0 Å². The van der Waals surface area contributed by atoms with Crippen LogP contribution in [0.3, 0.4) is 0 Å². The lowest BCUT2D eigenvalue weighted by Crippen LogP contribution is -2.50. The van der Waals surface area contributed by atoms with Crippen LogP contribution in [0, 0.1) is 5.92 Å². The Kier molecular flexibility index (Phi) is 5.71. The molecule has 0 spiro atoms. The number of aliphatic imine (C=N–C) groups is 1. The lowest BCUT2D eigenvalue weighted by Gasteiger charge is -2.37. The molecule has 2 amide bonds. The number of carbonyl (C=O) groups is 2. The minimum absolute atomic E-state index is 0.107. The molecule has 1 saturated carbocycles. The van der Waals surface area contributed by atoms with Gasteiger partial charge in [-0.3, -0.25) is 9.59 Å². The standard InChI is InChI=1S/C16H25N3O3/c1-3-18-8-9-19(12(2)16(18)22)14(17-15(21)11-20)10-13-6-4-5-7-13/h13,20H,2-11H2,1H3/b17-14-. The largest absolute Gasteiger partial charge is 0.386 e. The molecule has 0 aromatic carbocycles. The van der Waals surface area contributed by atoms with Crippen LogP contribution in [-0.2, 0) is 9.59 Å². The van der Waals surface area contributed by atoms with E-state index in [9.17, 15) is 9.59 Å². The van der Waals surface area contributed by atoms with E-state index in [1.807, 2.05) is 6.92 Å². The van der Waals surface area contributed by atoms with Crippen molar-refractivity contribution < 1.29 is 14.7 Å². The number of piperazine rings is 1. The molecule has 1 N–H and O–H groups in total. The van der Waals surface area contributed by atoms with E-state index in [-0.39, 0.29) is 5.91 Å². The van der Waals surface area contributed by atoms with Crippen molar-refractivity contribution in [1.82, 2.24) is 9.80 Å². The highest BCUT2D eigenvalue weighted by Crippen LogP contribution is 2.29. The molecule has 22 heavy (non-hydrogen) atoms. The number of hydrogen-bond donors (Lipinski definition) is 1. The zero-order chi connectivity index (χ0) is 16.1. The van der Waals surface area contributed by atoms with E-state index >= 15 is 0 Å². The molecule has 0 bridgehead atoms. The number of aliphatic hydroxyl groups is 1. The van der Waals surface area contributed by atoms with Crippen molar-refractivity contribution in [3.8, 4) is 0 Å². The fourth-order valence-electron chi connectivity index (χ4n) is 3.21. The van der Waals surface area contributed by atoms with Crippen molar-refractivity contribution in [1.29, 1.82) is 0 Å². The molecule has 0 atom stereocenters. The zero-order valence-corrected chi connectivity index (χ0v) is 13.3. The third kappa shape index (κ3) is 3.74. The Labute approximate surface area is 131 Å². The third-order valence-corrected chi connectivity index (χ3v) is 4.48. The van der Waals surface area contributed by atoms with Crippen LogP contribution in [0.1, 0.15) is 39.0 Å². The average Bonchev–Trinajstić information content (AvgIpc) is 3.02. The Hall–Kier alpha value is -1.69. The number of amidine groups is 1. The Morgan fingerprint density at radius 3 is 2.64 bits per heavy atom. The number of likely N-dealkylation sites (N-methyl/N-ethyl adjacent to an activating group) is 1. The van der Waals surface area contributed by atoms with Crippen LogP contribution in [0.4, 0.5) is 0 Å². The fraction of sp³-hybridized carbons (Fsp3) is 0.688. The minimum Gasteiger partial charge on any atom is -0.386 e. The highest BCUT2D eigenvalue weighted by Gasteiger charge is 2.31. The second-order valence-corrected chi connectivity index (χ2v) is 5.92. The summed E-state index contributed by atoms with van der Waals surface area (Å²) in [7, 11) is 0. The summed E-state index contributed by atoms with van der Waals surface area (Å²) in [5, 5.41) is 8.97. The summed E-state index contributed by atoms with van der Waals surface area (Å²) in [6, 6.07) is 0. The Balaban J connectivity index is 2.17. The summed E-state index contributed by atoms with van der Waals surface area (Å²) >= 11 is 0. The van der Waals surface area contributed by atoms with Crippen LogP contribution in [0.15, 0.2) is 17.3 Å². The molecule has 6 heteroatoms. The van der Waals surface area contributed by atoms with Gasteiger partial charge in [0.25, 0.3) is 11.8 Å². The highest BCUT2D eigenvalue weighted by atomic mass is 16.3. The lowest BCUT2D eigenvalue weighted by molar-refractivity contribution is -0.130. The van der Waals surface area contributed by atoms with Crippen molar-refractivity contribution >= 4 is 17.6 Å².